The zero-order valence-electron chi connectivity index (χ0n) is 19.9. The maximum atomic E-state index is 12.6. The first-order valence-electron chi connectivity index (χ1n) is 12.3. The molecule has 2 aromatic carbocycles. The van der Waals surface area contributed by atoms with Crippen molar-refractivity contribution in [3.05, 3.63) is 66.1 Å². The number of ether oxygens (including phenoxy) is 1. The van der Waals surface area contributed by atoms with E-state index < -0.39 is 0 Å². The highest BCUT2D eigenvalue weighted by atomic mass is 16.5. The lowest BCUT2D eigenvalue weighted by molar-refractivity contribution is -0.126. The van der Waals surface area contributed by atoms with Crippen molar-refractivity contribution in [2.75, 3.05) is 26.2 Å². The van der Waals surface area contributed by atoms with Crippen LogP contribution in [0.5, 0.6) is 5.75 Å². The molecule has 0 atom stereocenters. The van der Waals surface area contributed by atoms with Crippen LogP contribution < -0.4 is 10.1 Å². The van der Waals surface area contributed by atoms with Gasteiger partial charge in [0.05, 0.1) is 13.2 Å². The third kappa shape index (κ3) is 6.67. The minimum atomic E-state index is 0.0685. The van der Waals surface area contributed by atoms with Gasteiger partial charge in [0.1, 0.15) is 5.75 Å². The lowest BCUT2D eigenvalue weighted by Crippen LogP contribution is -2.40. The van der Waals surface area contributed by atoms with Gasteiger partial charge in [-0.05, 0) is 56.8 Å². The van der Waals surface area contributed by atoms with Gasteiger partial charge in [0.25, 0.3) is 0 Å². The van der Waals surface area contributed by atoms with Crippen molar-refractivity contribution in [1.29, 1.82) is 0 Å². The predicted molar refractivity (Wildman–Crippen MR) is 131 cm³/mol. The molecule has 34 heavy (non-hydrogen) atoms. The van der Waals surface area contributed by atoms with E-state index >= 15 is 0 Å². The van der Waals surface area contributed by atoms with E-state index in [2.05, 4.69) is 33.3 Å². The summed E-state index contributed by atoms with van der Waals surface area (Å²) in [7, 11) is 0. The highest BCUT2D eigenvalue weighted by molar-refractivity contribution is 5.78. The molecule has 3 aromatic rings. The molecule has 1 amide bonds. The Morgan fingerprint density at radius 1 is 1.12 bits per heavy atom. The van der Waals surface area contributed by atoms with Gasteiger partial charge in [-0.15, -0.1) is 0 Å². The summed E-state index contributed by atoms with van der Waals surface area (Å²) in [6.45, 7) is 5.84. The number of benzene rings is 2. The quantitative estimate of drug-likeness (QED) is 0.423. The Morgan fingerprint density at radius 2 is 1.88 bits per heavy atom. The number of rotatable bonds is 11. The number of piperidine rings is 1. The molecule has 1 aliphatic rings. The molecule has 0 aliphatic carbocycles. The second-order valence-electron chi connectivity index (χ2n) is 8.78. The lowest BCUT2D eigenvalue weighted by Gasteiger charge is -2.30. The van der Waals surface area contributed by atoms with E-state index in [0.29, 0.717) is 24.8 Å². The molecule has 7 heteroatoms. The van der Waals surface area contributed by atoms with Gasteiger partial charge in [-0.3, -0.25) is 9.69 Å². The van der Waals surface area contributed by atoms with E-state index in [1.165, 1.54) is 5.56 Å². The number of carbonyl (C=O) groups is 1. The van der Waals surface area contributed by atoms with Gasteiger partial charge in [-0.25, -0.2) is 0 Å². The van der Waals surface area contributed by atoms with Crippen LogP contribution in [0.1, 0.15) is 44.1 Å². The molecule has 0 saturated carbocycles. The SMILES string of the molecule is CCCOc1ccccc1CCCNC(=O)C1CCN(Cc2nc(-c3ccccc3)no2)CC1. The number of carbonyl (C=O) groups excluding carboxylic acids is 1. The smallest absolute Gasteiger partial charge is 0.241 e. The molecular formula is C27H34N4O3. The normalized spacial score (nSPS) is 14.7. The minimum absolute atomic E-state index is 0.0685. The van der Waals surface area contributed by atoms with Crippen molar-refractivity contribution in [3.63, 3.8) is 0 Å². The maximum Gasteiger partial charge on any atom is 0.241 e. The molecule has 1 aromatic heterocycles. The van der Waals surface area contributed by atoms with Gasteiger partial charge >= 0.3 is 0 Å². The number of amides is 1. The summed E-state index contributed by atoms with van der Waals surface area (Å²) in [5, 5.41) is 7.23. The van der Waals surface area contributed by atoms with Crippen LogP contribution >= 0.6 is 0 Å². The van der Waals surface area contributed by atoms with Crippen LogP contribution in [0, 0.1) is 5.92 Å². The van der Waals surface area contributed by atoms with Crippen LogP contribution in [-0.4, -0.2) is 47.2 Å². The molecule has 0 radical (unpaired) electrons. The summed E-state index contributed by atoms with van der Waals surface area (Å²) in [4.78, 5) is 19.4. The fraction of sp³-hybridized carbons (Fsp3) is 0.444. The molecule has 1 N–H and O–H groups in total. The first-order chi connectivity index (χ1) is 16.7. The maximum absolute atomic E-state index is 12.6. The average molecular weight is 463 g/mol. The fourth-order valence-corrected chi connectivity index (χ4v) is 4.27. The van der Waals surface area contributed by atoms with Crippen LogP contribution in [-0.2, 0) is 17.8 Å². The predicted octanol–water partition coefficient (Wildman–Crippen LogP) is 4.49. The number of para-hydroxylation sites is 1. The van der Waals surface area contributed by atoms with E-state index in [1.807, 2.05) is 48.5 Å². The van der Waals surface area contributed by atoms with Crippen LogP contribution in [0.15, 0.2) is 59.1 Å². The molecule has 0 spiro atoms. The van der Waals surface area contributed by atoms with Gasteiger partial charge in [0.2, 0.25) is 17.6 Å². The highest BCUT2D eigenvalue weighted by Crippen LogP contribution is 2.22. The number of nitrogens with zero attached hydrogens (tertiary/aromatic N) is 3. The lowest BCUT2D eigenvalue weighted by atomic mass is 9.96. The van der Waals surface area contributed by atoms with Crippen molar-refractivity contribution in [2.24, 2.45) is 5.92 Å². The minimum Gasteiger partial charge on any atom is -0.493 e. The summed E-state index contributed by atoms with van der Waals surface area (Å²) in [6, 6.07) is 18.0. The van der Waals surface area contributed by atoms with E-state index in [4.69, 9.17) is 9.26 Å². The third-order valence-electron chi connectivity index (χ3n) is 6.17. The van der Waals surface area contributed by atoms with Crippen molar-refractivity contribution in [1.82, 2.24) is 20.4 Å². The van der Waals surface area contributed by atoms with Crippen molar-refractivity contribution >= 4 is 5.91 Å². The number of aryl methyl sites for hydroxylation is 1. The van der Waals surface area contributed by atoms with Crippen molar-refractivity contribution in [3.8, 4) is 17.1 Å². The van der Waals surface area contributed by atoms with E-state index in [0.717, 1.165) is 63.1 Å². The Hall–Kier alpha value is -3.19. The number of hydrogen-bond donors (Lipinski definition) is 1. The van der Waals surface area contributed by atoms with E-state index in [1.54, 1.807) is 0 Å². The Balaban J connectivity index is 1.16. The summed E-state index contributed by atoms with van der Waals surface area (Å²) < 4.78 is 11.3. The van der Waals surface area contributed by atoms with Crippen LogP contribution in [0.3, 0.4) is 0 Å². The zero-order chi connectivity index (χ0) is 23.6. The van der Waals surface area contributed by atoms with Crippen molar-refractivity contribution in [2.45, 2.75) is 45.6 Å². The first-order valence-corrected chi connectivity index (χ1v) is 12.3. The number of hydrogen-bond acceptors (Lipinski definition) is 6. The van der Waals surface area contributed by atoms with Crippen LogP contribution in [0.2, 0.25) is 0 Å². The third-order valence-corrected chi connectivity index (χ3v) is 6.17. The number of nitrogens with one attached hydrogen (secondary N) is 1. The second-order valence-corrected chi connectivity index (χ2v) is 8.78. The second kappa shape index (κ2) is 12.3. The molecular weight excluding hydrogens is 428 g/mol. The van der Waals surface area contributed by atoms with Gasteiger partial charge < -0.3 is 14.6 Å². The largest absolute Gasteiger partial charge is 0.493 e. The summed E-state index contributed by atoms with van der Waals surface area (Å²) in [5.74, 6) is 2.42. The van der Waals surface area contributed by atoms with Crippen LogP contribution in [0.4, 0.5) is 0 Å². The Morgan fingerprint density at radius 3 is 2.68 bits per heavy atom. The summed E-state index contributed by atoms with van der Waals surface area (Å²) in [5.41, 5.74) is 2.15. The number of aromatic nitrogens is 2. The molecule has 1 aliphatic heterocycles. The standard InChI is InChI=1S/C27H34N4O3/c1-2-19-33-24-13-7-6-9-21(24)12-8-16-28-27(32)23-14-17-31(18-15-23)20-25-29-26(30-34-25)22-10-4-3-5-11-22/h3-7,9-11,13,23H,2,8,12,14-20H2,1H3,(H,28,32). The zero-order valence-corrected chi connectivity index (χ0v) is 19.9. The molecule has 0 bridgehead atoms. The molecule has 180 valence electrons. The van der Waals surface area contributed by atoms with Gasteiger partial charge in [-0.2, -0.15) is 4.98 Å². The Kier molecular flexibility index (Phi) is 8.68. The molecule has 4 rings (SSSR count). The molecule has 0 unspecified atom stereocenters. The highest BCUT2D eigenvalue weighted by Gasteiger charge is 2.25. The Bertz CT molecular complexity index is 1030. The van der Waals surface area contributed by atoms with Crippen molar-refractivity contribution < 1.29 is 14.1 Å². The molecule has 1 fully saturated rings. The van der Waals surface area contributed by atoms with Gasteiger partial charge in [0, 0.05) is 18.0 Å². The van der Waals surface area contributed by atoms with E-state index in [9.17, 15) is 4.79 Å². The average Bonchev–Trinajstić information content (AvgIpc) is 3.35. The summed E-state index contributed by atoms with van der Waals surface area (Å²) in [6.07, 6.45) is 4.48. The van der Waals surface area contributed by atoms with Crippen LogP contribution in [0.25, 0.3) is 11.4 Å². The van der Waals surface area contributed by atoms with Gasteiger partial charge in [0.15, 0.2) is 0 Å². The monoisotopic (exact) mass is 462 g/mol. The summed E-state index contributed by atoms with van der Waals surface area (Å²) >= 11 is 0. The molecule has 7 nitrogen and oxygen atoms in total. The molecule has 2 heterocycles. The van der Waals surface area contributed by atoms with Gasteiger partial charge in [-0.1, -0.05) is 60.6 Å². The first kappa shape index (κ1) is 24.0. The Labute approximate surface area is 201 Å². The molecule has 1 saturated heterocycles. The number of likely N-dealkylation sites (tertiary alicyclic amines) is 1. The van der Waals surface area contributed by atoms with E-state index in [-0.39, 0.29) is 11.8 Å². The fourth-order valence-electron chi connectivity index (χ4n) is 4.27. The topological polar surface area (TPSA) is 80.5 Å².